The maximum absolute atomic E-state index is 3.72. The molecule has 0 radical (unpaired) electrons. The van der Waals surface area contributed by atoms with Crippen molar-refractivity contribution >= 4 is 3.21 Å². The molecule has 0 spiro atoms. The Bertz CT molecular complexity index is 1350. The van der Waals surface area contributed by atoms with Crippen LogP contribution in [0.15, 0.2) is 109 Å². The Kier molecular flexibility index (Phi) is 10.0. The van der Waals surface area contributed by atoms with E-state index in [9.17, 15) is 0 Å². The summed E-state index contributed by atoms with van der Waals surface area (Å²) in [5.41, 5.74) is 12.5. The second-order valence-corrected chi connectivity index (χ2v) is 10.1. The van der Waals surface area contributed by atoms with Gasteiger partial charge in [-0.15, -0.1) is 22.3 Å². The third kappa shape index (κ3) is 5.81. The Morgan fingerprint density at radius 3 is 1.83 bits per heavy atom. The Labute approximate surface area is 242 Å². The van der Waals surface area contributed by atoms with Gasteiger partial charge in [0, 0.05) is 0 Å². The summed E-state index contributed by atoms with van der Waals surface area (Å²) in [6.45, 7) is 4.50. The average molecular weight is 586 g/mol. The van der Waals surface area contributed by atoms with Crippen molar-refractivity contribution in [1.82, 2.24) is 0 Å². The van der Waals surface area contributed by atoms with E-state index in [2.05, 4.69) is 129 Å². The van der Waals surface area contributed by atoms with E-state index in [1.807, 2.05) is 0 Å². The molecule has 2 aliphatic carbocycles. The van der Waals surface area contributed by atoms with Crippen LogP contribution in [0.1, 0.15) is 44.9 Å². The first-order valence-corrected chi connectivity index (χ1v) is 13.0. The predicted molar refractivity (Wildman–Crippen MR) is 140 cm³/mol. The van der Waals surface area contributed by atoms with E-state index in [0.29, 0.717) is 5.92 Å². The molecule has 0 saturated heterocycles. The number of allylic oxidation sites excluding steroid dienone is 4. The molecule has 178 valence electrons. The summed E-state index contributed by atoms with van der Waals surface area (Å²) in [5, 5.41) is 0. The van der Waals surface area contributed by atoms with Crippen molar-refractivity contribution in [1.29, 1.82) is 0 Å². The van der Waals surface area contributed by atoms with Crippen molar-refractivity contribution in [3.8, 4) is 11.1 Å². The van der Waals surface area contributed by atoms with E-state index in [-0.39, 0.29) is 24.8 Å². The van der Waals surface area contributed by atoms with E-state index >= 15 is 0 Å². The third-order valence-electron chi connectivity index (χ3n) is 6.79. The number of hydrogen-bond donors (Lipinski definition) is 0. The molecular weight excluding hydrogens is 558 g/mol. The fraction of sp³-hybridized carbons (Fsp3) is 0.121. The molecule has 36 heavy (non-hydrogen) atoms. The van der Waals surface area contributed by atoms with Gasteiger partial charge in [0.25, 0.3) is 0 Å². The molecule has 0 nitrogen and oxygen atoms in total. The summed E-state index contributed by atoms with van der Waals surface area (Å²) in [5.74, 6) is 0.405. The molecule has 0 amide bonds. The van der Waals surface area contributed by atoms with Crippen molar-refractivity contribution < 1.29 is 49.0 Å². The van der Waals surface area contributed by atoms with Crippen LogP contribution in [0.25, 0.3) is 11.1 Å². The van der Waals surface area contributed by atoms with E-state index in [0.717, 1.165) is 6.42 Å². The molecule has 4 aromatic rings. The second-order valence-electron chi connectivity index (χ2n) is 8.88. The summed E-state index contributed by atoms with van der Waals surface area (Å²) in [4.78, 5) is 0. The van der Waals surface area contributed by atoms with Crippen LogP contribution >= 0.6 is 0 Å². The fourth-order valence-corrected chi connectivity index (χ4v) is 5.69. The van der Waals surface area contributed by atoms with Crippen molar-refractivity contribution in [2.75, 3.05) is 0 Å². The standard InChI is InChI=1S/C20H17.C13H10.2ClH.Zr/c1-13-14(2)20-17(11-16-9-5-6-10-18(16)20)12-19(13)15-7-3-4-8-15;1-3-7-12(8-4-1)11-13-9-5-2-6-10-13;;;/h3-10,15H,11H2,1-2H3;1-10H;2*1H;/q-1;;;;+2/p-2. The van der Waals surface area contributed by atoms with Gasteiger partial charge in [-0.1, -0.05) is 73.5 Å². The molecule has 3 heteroatoms. The molecule has 6 rings (SSSR count). The number of benzene rings is 4. The zero-order chi connectivity index (χ0) is 23.5. The summed E-state index contributed by atoms with van der Waals surface area (Å²) >= 11 is 1.46. The molecule has 0 N–H and O–H groups in total. The van der Waals surface area contributed by atoms with Crippen molar-refractivity contribution in [3.05, 3.63) is 154 Å². The van der Waals surface area contributed by atoms with Crippen LogP contribution in [0.3, 0.4) is 0 Å². The van der Waals surface area contributed by atoms with Crippen LogP contribution < -0.4 is 24.8 Å². The van der Waals surface area contributed by atoms with Crippen LogP contribution in [0.4, 0.5) is 0 Å². The third-order valence-corrected chi connectivity index (χ3v) is 8.21. The van der Waals surface area contributed by atoms with Gasteiger partial charge >= 0.3 is 99.2 Å². The van der Waals surface area contributed by atoms with Crippen LogP contribution in [-0.2, 0) is 30.7 Å². The molecule has 4 aromatic carbocycles. The van der Waals surface area contributed by atoms with Gasteiger partial charge in [0.1, 0.15) is 0 Å². The van der Waals surface area contributed by atoms with Crippen LogP contribution in [0, 0.1) is 19.9 Å². The average Bonchev–Trinajstić information content (AvgIpc) is 3.55. The predicted octanol–water partition coefficient (Wildman–Crippen LogP) is 1.69. The van der Waals surface area contributed by atoms with Gasteiger partial charge in [-0.05, 0) is 12.3 Å². The Morgan fingerprint density at radius 2 is 1.25 bits per heavy atom. The Hall–Kier alpha value is -2.31. The van der Waals surface area contributed by atoms with Gasteiger partial charge in [0.2, 0.25) is 0 Å². The van der Waals surface area contributed by atoms with Gasteiger partial charge in [-0.2, -0.15) is 11.6 Å². The van der Waals surface area contributed by atoms with E-state index < -0.39 is 0 Å². The van der Waals surface area contributed by atoms with Crippen molar-refractivity contribution in [3.63, 3.8) is 0 Å². The Morgan fingerprint density at radius 1 is 0.722 bits per heavy atom. The van der Waals surface area contributed by atoms with Gasteiger partial charge in [-0.3, -0.25) is 0 Å². The fourth-order valence-electron chi connectivity index (χ4n) is 4.87. The van der Waals surface area contributed by atoms with Gasteiger partial charge < -0.3 is 24.8 Å². The van der Waals surface area contributed by atoms with Crippen molar-refractivity contribution in [2.45, 2.75) is 26.2 Å². The van der Waals surface area contributed by atoms with Gasteiger partial charge in [0.15, 0.2) is 0 Å². The number of halogens is 2. The van der Waals surface area contributed by atoms with Crippen LogP contribution in [0.2, 0.25) is 0 Å². The molecule has 0 fully saturated rings. The first-order valence-electron chi connectivity index (χ1n) is 11.8. The molecular formula is C33H27Cl2Zr-. The first kappa shape index (κ1) is 28.3. The molecule has 0 saturated carbocycles. The normalized spacial score (nSPS) is 12.6. The Balaban J connectivity index is 0.000000201. The maximum atomic E-state index is 3.72. The number of hydrogen-bond acceptors (Lipinski definition) is 0. The zero-order valence-electron chi connectivity index (χ0n) is 20.4. The topological polar surface area (TPSA) is 0 Å². The molecule has 0 unspecified atom stereocenters. The minimum atomic E-state index is 0. The quantitative estimate of drug-likeness (QED) is 0.283. The van der Waals surface area contributed by atoms with Gasteiger partial charge in [0.05, 0.1) is 0 Å². The number of fused-ring (bicyclic) bond motifs is 3. The molecule has 0 heterocycles. The van der Waals surface area contributed by atoms with Crippen LogP contribution in [0.5, 0.6) is 0 Å². The van der Waals surface area contributed by atoms with Crippen molar-refractivity contribution in [2.24, 2.45) is 0 Å². The molecule has 0 bridgehead atoms. The summed E-state index contributed by atoms with van der Waals surface area (Å²) < 4.78 is 1.42. The SMILES string of the molecule is Cc1c(C2C=CC=C2)[c-]c2c(c1C)-c1ccccc1C2.[Cl-].[Cl-].[Zr+2]=[C](c1ccccc1)c1ccccc1. The zero-order valence-corrected chi connectivity index (χ0v) is 24.4. The second kappa shape index (κ2) is 12.8. The first-order chi connectivity index (χ1) is 16.6. The van der Waals surface area contributed by atoms with Crippen LogP contribution in [-0.4, -0.2) is 3.21 Å². The molecule has 2 aliphatic rings. The van der Waals surface area contributed by atoms with E-state index in [1.165, 1.54) is 77.5 Å². The molecule has 0 atom stereocenters. The number of rotatable bonds is 3. The summed E-state index contributed by atoms with van der Waals surface area (Å²) in [6.07, 6.45) is 9.81. The molecule has 0 aliphatic heterocycles. The van der Waals surface area contributed by atoms with E-state index in [1.54, 1.807) is 0 Å². The van der Waals surface area contributed by atoms with E-state index in [4.69, 9.17) is 0 Å². The minimum absolute atomic E-state index is 0. The molecule has 0 aromatic heterocycles. The summed E-state index contributed by atoms with van der Waals surface area (Å²) in [7, 11) is 0. The summed E-state index contributed by atoms with van der Waals surface area (Å²) in [6, 6.07) is 33.6. The van der Waals surface area contributed by atoms with Gasteiger partial charge in [-0.25, -0.2) is 0 Å². The monoisotopic (exact) mass is 583 g/mol.